The number of rotatable bonds is 2. The molecule has 1 aromatic carbocycles. The minimum Gasteiger partial charge on any atom is -0.423 e. The van der Waals surface area contributed by atoms with E-state index >= 15 is 0 Å². The number of pyridine rings is 2. The smallest absolute Gasteiger partial charge is 0.423 e. The van der Waals surface area contributed by atoms with Crippen LogP contribution < -0.4 is 5.56 Å². The van der Waals surface area contributed by atoms with E-state index in [0.717, 1.165) is 17.0 Å². The summed E-state index contributed by atoms with van der Waals surface area (Å²) in [5.74, 6) is -0.0820. The van der Waals surface area contributed by atoms with Crippen LogP contribution in [0.15, 0.2) is 58.1 Å². The molecule has 3 aromatic heterocycles. The predicted molar refractivity (Wildman–Crippen MR) is 84.5 cm³/mol. The van der Waals surface area contributed by atoms with Gasteiger partial charge in [-0.2, -0.15) is 13.2 Å². The summed E-state index contributed by atoms with van der Waals surface area (Å²) in [6.07, 6.45) is -3.60. The van der Waals surface area contributed by atoms with Crippen LogP contribution in [0.5, 0.6) is 0 Å². The van der Waals surface area contributed by atoms with Crippen LogP contribution in [0.25, 0.3) is 28.2 Å². The molecule has 0 bridgehead atoms. The number of fused-ring (bicyclic) bond motifs is 1. The Balaban J connectivity index is 2.11. The van der Waals surface area contributed by atoms with Gasteiger partial charge in [0.15, 0.2) is 0 Å². The van der Waals surface area contributed by atoms with E-state index in [0.29, 0.717) is 5.69 Å². The summed E-state index contributed by atoms with van der Waals surface area (Å²) in [4.78, 5) is 16.6. The summed E-state index contributed by atoms with van der Waals surface area (Å²) in [5, 5.41) is 7.41. The molecule has 0 N–H and O–H groups in total. The standard InChI is InChI=1S/C17H8F3N4O2/c18-17(19,20)13-7-6-10-8-12(15-23-21-9-26-15)16(25)24(14(10)22-13)11-4-2-1-3-5-11/h1-7,9H. The van der Waals surface area contributed by atoms with E-state index in [2.05, 4.69) is 21.2 Å². The van der Waals surface area contributed by atoms with Crippen molar-refractivity contribution >= 4 is 11.0 Å². The average molecular weight is 357 g/mol. The molecule has 6 nitrogen and oxygen atoms in total. The molecular formula is C17H8F3N4O2. The van der Waals surface area contributed by atoms with Gasteiger partial charge in [-0.25, -0.2) is 4.98 Å². The Hall–Kier alpha value is -3.49. The molecule has 3 heterocycles. The van der Waals surface area contributed by atoms with Crippen LogP contribution >= 0.6 is 0 Å². The number of para-hydroxylation sites is 1. The van der Waals surface area contributed by atoms with Gasteiger partial charge in [0.2, 0.25) is 6.39 Å². The molecule has 9 heteroatoms. The maximum atomic E-state index is 13.1. The molecule has 0 unspecified atom stereocenters. The van der Waals surface area contributed by atoms with Crippen molar-refractivity contribution in [1.29, 1.82) is 0 Å². The highest BCUT2D eigenvalue weighted by molar-refractivity contribution is 5.80. The fraction of sp³-hybridized carbons (Fsp3) is 0.0588. The van der Waals surface area contributed by atoms with E-state index in [1.165, 1.54) is 6.07 Å². The molecule has 26 heavy (non-hydrogen) atoms. The zero-order chi connectivity index (χ0) is 18.3. The summed E-state index contributed by atoms with van der Waals surface area (Å²) in [7, 11) is 0. The fourth-order valence-corrected chi connectivity index (χ4v) is 2.51. The number of benzene rings is 1. The molecule has 0 saturated heterocycles. The molecule has 0 amide bonds. The van der Waals surface area contributed by atoms with E-state index in [4.69, 9.17) is 4.42 Å². The van der Waals surface area contributed by atoms with E-state index < -0.39 is 17.4 Å². The second-order valence-electron chi connectivity index (χ2n) is 5.29. The Bertz CT molecular complexity index is 1140. The van der Waals surface area contributed by atoms with Gasteiger partial charge in [0, 0.05) is 11.5 Å². The maximum absolute atomic E-state index is 13.1. The Morgan fingerprint density at radius 1 is 1.08 bits per heavy atom. The van der Waals surface area contributed by atoms with Crippen molar-refractivity contribution in [3.05, 3.63) is 71.0 Å². The molecule has 0 saturated carbocycles. The van der Waals surface area contributed by atoms with Crippen LogP contribution in [0, 0.1) is 6.07 Å². The third-order valence-electron chi connectivity index (χ3n) is 3.64. The Morgan fingerprint density at radius 3 is 2.50 bits per heavy atom. The number of hydrogen-bond donors (Lipinski definition) is 0. The van der Waals surface area contributed by atoms with Crippen molar-refractivity contribution in [3.63, 3.8) is 0 Å². The van der Waals surface area contributed by atoms with Crippen molar-refractivity contribution in [3.8, 4) is 17.1 Å². The van der Waals surface area contributed by atoms with Gasteiger partial charge in [0.25, 0.3) is 11.4 Å². The average Bonchev–Trinajstić information content (AvgIpc) is 3.15. The highest BCUT2D eigenvalue weighted by Crippen LogP contribution is 2.30. The topological polar surface area (TPSA) is 73.8 Å². The first-order chi connectivity index (χ1) is 12.4. The van der Waals surface area contributed by atoms with E-state index in [-0.39, 0.29) is 22.5 Å². The molecule has 129 valence electrons. The van der Waals surface area contributed by atoms with Crippen LogP contribution in [0.3, 0.4) is 0 Å². The predicted octanol–water partition coefficient (Wildman–Crippen LogP) is 3.25. The van der Waals surface area contributed by atoms with Gasteiger partial charge in [0.1, 0.15) is 16.9 Å². The van der Waals surface area contributed by atoms with Crippen molar-refractivity contribution in [2.24, 2.45) is 0 Å². The second kappa shape index (κ2) is 5.80. The van der Waals surface area contributed by atoms with Gasteiger partial charge in [-0.15, -0.1) is 10.2 Å². The lowest BCUT2D eigenvalue weighted by molar-refractivity contribution is -0.141. The van der Waals surface area contributed by atoms with Crippen LogP contribution in [0.4, 0.5) is 13.2 Å². The Morgan fingerprint density at radius 2 is 1.85 bits per heavy atom. The van der Waals surface area contributed by atoms with Crippen molar-refractivity contribution in [2.75, 3.05) is 0 Å². The SMILES string of the molecule is O=c1c(-c2nnco2)[c]c2ccc(C(F)(F)F)nc2n1-c1ccccc1. The van der Waals surface area contributed by atoms with Crippen molar-refractivity contribution < 1.29 is 17.6 Å². The largest absolute Gasteiger partial charge is 0.433 e. The number of halogens is 3. The monoisotopic (exact) mass is 357 g/mol. The summed E-state index contributed by atoms with van der Waals surface area (Å²) in [6.45, 7) is 0. The normalized spacial score (nSPS) is 11.8. The lowest BCUT2D eigenvalue weighted by Gasteiger charge is -2.13. The summed E-state index contributed by atoms with van der Waals surface area (Å²) in [6, 6.07) is 13.0. The molecule has 0 atom stereocenters. The van der Waals surface area contributed by atoms with Crippen LogP contribution in [-0.2, 0) is 6.18 Å². The first-order valence-corrected chi connectivity index (χ1v) is 7.33. The minimum absolute atomic E-state index is 0.0552. The van der Waals surface area contributed by atoms with Gasteiger partial charge in [0.05, 0.1) is 5.69 Å². The summed E-state index contributed by atoms with van der Waals surface area (Å²) in [5.41, 5.74) is -1.64. The summed E-state index contributed by atoms with van der Waals surface area (Å²) >= 11 is 0. The molecule has 0 aliphatic heterocycles. The van der Waals surface area contributed by atoms with Gasteiger partial charge < -0.3 is 4.42 Å². The van der Waals surface area contributed by atoms with Gasteiger partial charge in [-0.3, -0.25) is 9.36 Å². The molecule has 0 fully saturated rings. The first-order valence-electron chi connectivity index (χ1n) is 7.33. The summed E-state index contributed by atoms with van der Waals surface area (Å²) < 4.78 is 45.3. The molecule has 4 rings (SSSR count). The first kappa shape index (κ1) is 16.0. The van der Waals surface area contributed by atoms with E-state index in [9.17, 15) is 18.0 Å². The number of nitrogens with zero attached hydrogens (tertiary/aromatic N) is 4. The Labute approximate surface area is 143 Å². The highest BCUT2D eigenvalue weighted by Gasteiger charge is 2.33. The molecule has 1 radical (unpaired) electrons. The fourth-order valence-electron chi connectivity index (χ4n) is 2.51. The van der Waals surface area contributed by atoms with Gasteiger partial charge in [-0.1, -0.05) is 18.2 Å². The zero-order valence-electron chi connectivity index (χ0n) is 12.9. The number of aromatic nitrogens is 4. The molecule has 0 aliphatic rings. The van der Waals surface area contributed by atoms with Crippen LogP contribution in [-0.4, -0.2) is 19.7 Å². The zero-order valence-corrected chi connectivity index (χ0v) is 12.9. The van der Waals surface area contributed by atoms with Crippen molar-refractivity contribution in [1.82, 2.24) is 19.7 Å². The lowest BCUT2D eigenvalue weighted by Crippen LogP contribution is -2.22. The lowest BCUT2D eigenvalue weighted by atomic mass is 10.1. The highest BCUT2D eigenvalue weighted by atomic mass is 19.4. The molecule has 0 aliphatic carbocycles. The molecule has 4 aromatic rings. The van der Waals surface area contributed by atoms with Crippen LogP contribution in [0.1, 0.15) is 5.69 Å². The van der Waals surface area contributed by atoms with Crippen molar-refractivity contribution in [2.45, 2.75) is 6.18 Å². The van der Waals surface area contributed by atoms with Crippen LogP contribution in [0.2, 0.25) is 0 Å². The Kier molecular flexibility index (Phi) is 3.57. The van der Waals surface area contributed by atoms with E-state index in [1.807, 2.05) is 0 Å². The minimum atomic E-state index is -4.64. The molecular weight excluding hydrogens is 349 g/mol. The quantitative estimate of drug-likeness (QED) is 0.551. The van der Waals surface area contributed by atoms with Gasteiger partial charge in [-0.05, 0) is 24.3 Å². The number of alkyl halides is 3. The third-order valence-corrected chi connectivity index (χ3v) is 3.64. The third kappa shape index (κ3) is 2.63. The molecule has 0 spiro atoms. The van der Waals surface area contributed by atoms with E-state index in [1.54, 1.807) is 30.3 Å². The van der Waals surface area contributed by atoms with Gasteiger partial charge >= 0.3 is 6.18 Å². The maximum Gasteiger partial charge on any atom is 0.433 e. The number of hydrogen-bond acceptors (Lipinski definition) is 5. The second-order valence-corrected chi connectivity index (χ2v) is 5.29.